The highest BCUT2D eigenvalue weighted by Crippen LogP contribution is 2.33. The Morgan fingerprint density at radius 2 is 2.27 bits per heavy atom. The third kappa shape index (κ3) is 2.11. The molecule has 0 aliphatic heterocycles. The van der Waals surface area contributed by atoms with Crippen LogP contribution in [0.15, 0.2) is 23.6 Å². The number of hydrogen-bond acceptors (Lipinski definition) is 5. The van der Waals surface area contributed by atoms with Gasteiger partial charge in [-0.2, -0.15) is 0 Å². The van der Waals surface area contributed by atoms with E-state index < -0.39 is 16.1 Å². The number of halogens is 1. The second-order valence-corrected chi connectivity index (χ2v) is 3.47. The fraction of sp³-hybridized carbons (Fsp3) is 0.500. The lowest BCUT2D eigenvalue weighted by Crippen LogP contribution is -2.41. The predicted molar refractivity (Wildman–Crippen MR) is 51.8 cm³/mol. The maximum atomic E-state index is 10.6. The van der Waals surface area contributed by atoms with Crippen molar-refractivity contribution < 1.29 is 19.5 Å². The second kappa shape index (κ2) is 4.18. The number of ether oxygens (including phenoxy) is 2. The van der Waals surface area contributed by atoms with Gasteiger partial charge in [0.25, 0.3) is 5.70 Å². The van der Waals surface area contributed by atoms with E-state index in [0.717, 1.165) is 12.2 Å². The van der Waals surface area contributed by atoms with Crippen LogP contribution in [0.2, 0.25) is 0 Å². The number of allylic oxidation sites excluding steroid dienone is 1. The molecule has 0 bridgehead atoms. The van der Waals surface area contributed by atoms with Gasteiger partial charge < -0.3 is 14.6 Å². The lowest BCUT2D eigenvalue weighted by atomic mass is 10.0. The molecule has 2 unspecified atom stereocenters. The Labute approximate surface area is 90.9 Å². The molecule has 0 aromatic rings. The SMILES string of the molecule is COC1=CC([N+](=O)[O-])=CC(Cl)(OC)C1O. The zero-order valence-corrected chi connectivity index (χ0v) is 8.89. The predicted octanol–water partition coefficient (Wildman–Crippen LogP) is 0.633. The molecule has 0 aromatic heterocycles. The van der Waals surface area contributed by atoms with Crippen LogP contribution in [0, 0.1) is 10.1 Å². The van der Waals surface area contributed by atoms with E-state index in [4.69, 9.17) is 21.1 Å². The van der Waals surface area contributed by atoms with Gasteiger partial charge in [0.2, 0.25) is 0 Å². The van der Waals surface area contributed by atoms with Crippen LogP contribution in [0.4, 0.5) is 0 Å². The summed E-state index contributed by atoms with van der Waals surface area (Å²) in [6, 6.07) is 0. The first-order chi connectivity index (χ1) is 6.94. The maximum absolute atomic E-state index is 10.6. The van der Waals surface area contributed by atoms with Gasteiger partial charge in [-0.05, 0) is 0 Å². The lowest BCUT2D eigenvalue weighted by Gasteiger charge is -2.30. The molecule has 7 heteroatoms. The second-order valence-electron chi connectivity index (χ2n) is 2.88. The number of nitrogens with zero attached hydrogens (tertiary/aromatic N) is 1. The Morgan fingerprint density at radius 3 is 2.67 bits per heavy atom. The molecule has 0 amide bonds. The highest BCUT2D eigenvalue weighted by atomic mass is 35.5. The van der Waals surface area contributed by atoms with Crippen molar-refractivity contribution >= 4 is 11.6 Å². The zero-order chi connectivity index (χ0) is 11.6. The molecule has 1 aliphatic carbocycles. The van der Waals surface area contributed by atoms with Crippen molar-refractivity contribution in [2.75, 3.05) is 14.2 Å². The molecule has 1 aliphatic rings. The van der Waals surface area contributed by atoms with Gasteiger partial charge in [-0.3, -0.25) is 10.1 Å². The van der Waals surface area contributed by atoms with E-state index in [1.54, 1.807) is 0 Å². The van der Waals surface area contributed by atoms with Gasteiger partial charge in [0.1, 0.15) is 5.76 Å². The number of hydrogen-bond donors (Lipinski definition) is 1. The summed E-state index contributed by atoms with van der Waals surface area (Å²) < 4.78 is 9.60. The van der Waals surface area contributed by atoms with Crippen molar-refractivity contribution in [3.63, 3.8) is 0 Å². The monoisotopic (exact) mass is 235 g/mol. The summed E-state index contributed by atoms with van der Waals surface area (Å²) in [7, 11) is 2.52. The number of aliphatic hydroxyl groups is 1. The molecular weight excluding hydrogens is 226 g/mol. The number of rotatable bonds is 3. The molecule has 0 radical (unpaired) electrons. The average Bonchev–Trinajstić information content (AvgIpc) is 2.21. The molecule has 1 N–H and O–H groups in total. The topological polar surface area (TPSA) is 81.8 Å². The summed E-state index contributed by atoms with van der Waals surface area (Å²) in [6.45, 7) is 0. The van der Waals surface area contributed by atoms with E-state index in [1.165, 1.54) is 14.2 Å². The highest BCUT2D eigenvalue weighted by molar-refractivity contribution is 6.25. The molecule has 0 aromatic carbocycles. The summed E-state index contributed by atoms with van der Waals surface area (Å²) >= 11 is 5.85. The van der Waals surface area contributed by atoms with Crippen molar-refractivity contribution in [3.8, 4) is 0 Å². The van der Waals surface area contributed by atoms with Crippen molar-refractivity contribution in [1.29, 1.82) is 0 Å². The molecule has 2 atom stereocenters. The van der Waals surface area contributed by atoms with Crippen molar-refractivity contribution in [2.45, 2.75) is 11.2 Å². The summed E-state index contributed by atoms with van der Waals surface area (Å²) in [4.78, 5) is 9.93. The third-order valence-electron chi connectivity index (χ3n) is 2.04. The van der Waals surface area contributed by atoms with Gasteiger partial charge in [-0.25, -0.2) is 0 Å². The standard InChI is InChI=1S/C8H10ClNO5/c1-14-6-3-5(10(12)13)4-8(9,15-2)7(6)11/h3-4,7,11H,1-2H3. The fourth-order valence-electron chi connectivity index (χ4n) is 1.19. The molecular formula is C8H10ClNO5. The van der Waals surface area contributed by atoms with E-state index in [1.807, 2.05) is 0 Å². The van der Waals surface area contributed by atoms with E-state index in [0.29, 0.717) is 0 Å². The van der Waals surface area contributed by atoms with Gasteiger partial charge in [-0.1, -0.05) is 11.6 Å². The fourth-order valence-corrected chi connectivity index (χ4v) is 1.41. The molecule has 0 saturated heterocycles. The lowest BCUT2D eigenvalue weighted by molar-refractivity contribution is -0.420. The summed E-state index contributed by atoms with van der Waals surface area (Å²) in [5, 5.41) is 18.6. The van der Waals surface area contributed by atoms with Crippen LogP contribution in [0.3, 0.4) is 0 Å². The molecule has 15 heavy (non-hydrogen) atoms. The molecule has 0 heterocycles. The number of methoxy groups -OCH3 is 2. The molecule has 6 nitrogen and oxygen atoms in total. The van der Waals surface area contributed by atoms with Crippen molar-refractivity contribution in [2.24, 2.45) is 0 Å². The minimum absolute atomic E-state index is 0.0129. The minimum Gasteiger partial charge on any atom is -0.498 e. The molecule has 1 rings (SSSR count). The first-order valence-corrected chi connectivity index (χ1v) is 4.37. The van der Waals surface area contributed by atoms with Crippen molar-refractivity contribution in [1.82, 2.24) is 0 Å². The third-order valence-corrected chi connectivity index (χ3v) is 2.51. The zero-order valence-electron chi connectivity index (χ0n) is 8.14. The molecule has 0 spiro atoms. The van der Waals surface area contributed by atoms with Crippen LogP contribution >= 0.6 is 11.6 Å². The largest absolute Gasteiger partial charge is 0.498 e. The number of alkyl halides is 1. The van der Waals surface area contributed by atoms with Gasteiger partial charge in [-0.15, -0.1) is 0 Å². The Hall–Kier alpha value is -1.11. The first-order valence-electron chi connectivity index (χ1n) is 3.99. The Kier molecular flexibility index (Phi) is 3.33. The van der Waals surface area contributed by atoms with Gasteiger partial charge in [0, 0.05) is 13.2 Å². The quantitative estimate of drug-likeness (QED) is 0.441. The Balaban J connectivity index is 3.16. The van der Waals surface area contributed by atoms with Crippen LogP contribution in [0.25, 0.3) is 0 Å². The van der Waals surface area contributed by atoms with Crippen LogP contribution in [0.5, 0.6) is 0 Å². The maximum Gasteiger partial charge on any atom is 0.273 e. The summed E-state index contributed by atoms with van der Waals surface area (Å²) in [6.07, 6.45) is 0.851. The number of aliphatic hydroxyl groups excluding tert-OH is 1. The van der Waals surface area contributed by atoms with Crippen LogP contribution in [-0.4, -0.2) is 35.4 Å². The van der Waals surface area contributed by atoms with E-state index in [-0.39, 0.29) is 11.5 Å². The molecule has 0 saturated carbocycles. The average molecular weight is 236 g/mol. The molecule has 0 fully saturated rings. The Bertz CT molecular complexity index is 340. The highest BCUT2D eigenvalue weighted by Gasteiger charge is 2.43. The molecule has 84 valence electrons. The van der Waals surface area contributed by atoms with E-state index >= 15 is 0 Å². The normalized spacial score (nSPS) is 30.5. The van der Waals surface area contributed by atoms with E-state index in [2.05, 4.69) is 0 Å². The van der Waals surface area contributed by atoms with Gasteiger partial charge in [0.05, 0.1) is 18.1 Å². The van der Waals surface area contributed by atoms with Gasteiger partial charge in [0.15, 0.2) is 11.2 Å². The Morgan fingerprint density at radius 1 is 1.67 bits per heavy atom. The smallest absolute Gasteiger partial charge is 0.273 e. The van der Waals surface area contributed by atoms with Crippen LogP contribution in [0.1, 0.15) is 0 Å². The van der Waals surface area contributed by atoms with Crippen LogP contribution < -0.4 is 0 Å². The first kappa shape index (κ1) is 12.0. The summed E-state index contributed by atoms with van der Waals surface area (Å²) in [5.74, 6) is -0.0129. The minimum atomic E-state index is -1.66. The van der Waals surface area contributed by atoms with Crippen molar-refractivity contribution in [3.05, 3.63) is 33.7 Å². The number of nitro groups is 1. The summed E-state index contributed by atoms with van der Waals surface area (Å²) in [5.41, 5.74) is -0.283. The van der Waals surface area contributed by atoms with Crippen LogP contribution in [-0.2, 0) is 9.47 Å². The van der Waals surface area contributed by atoms with E-state index in [9.17, 15) is 15.2 Å². The van der Waals surface area contributed by atoms with Gasteiger partial charge >= 0.3 is 0 Å².